The molecule has 32 heavy (non-hydrogen) atoms. The number of hydrogen-bond acceptors (Lipinski definition) is 8. The van der Waals surface area contributed by atoms with E-state index in [0.29, 0.717) is 25.7 Å². The summed E-state index contributed by atoms with van der Waals surface area (Å²) in [6, 6.07) is 3.24. The average molecular weight is 585 g/mol. The lowest BCUT2D eigenvalue weighted by Crippen LogP contribution is -2.61. The van der Waals surface area contributed by atoms with Gasteiger partial charge in [-0.05, 0) is 47.5 Å². The maximum atomic E-state index is 8.96. The molecule has 1 unspecified atom stereocenters. The molecule has 1 heterocycles. The summed E-state index contributed by atoms with van der Waals surface area (Å²) in [6.45, 7) is 13.3. The summed E-state index contributed by atoms with van der Waals surface area (Å²) in [5, 5.41) is 8.96. The zero-order valence-corrected chi connectivity index (χ0v) is 23.3. The van der Waals surface area contributed by atoms with Crippen molar-refractivity contribution in [2.45, 2.75) is 103 Å². The Bertz CT molecular complexity index is 568. The topological polar surface area (TPSA) is 76.4 Å². The van der Waals surface area contributed by atoms with Gasteiger partial charge >= 0.3 is 0 Å². The van der Waals surface area contributed by atoms with E-state index in [1.807, 2.05) is 0 Å². The predicted molar refractivity (Wildman–Crippen MR) is 134 cm³/mol. The van der Waals surface area contributed by atoms with Gasteiger partial charge in [0.15, 0.2) is 23.0 Å². The molecule has 0 aromatic carbocycles. The van der Waals surface area contributed by atoms with Crippen LogP contribution in [0, 0.1) is 11.3 Å². The lowest BCUT2D eigenvalue weighted by Gasteiger charge is -2.48. The highest BCUT2D eigenvalue weighted by Gasteiger charge is 2.44. The van der Waals surface area contributed by atoms with Gasteiger partial charge in [0.05, 0.1) is 31.8 Å². The molecule has 2 rings (SSSR count). The molecule has 0 aromatic rings. The molecule has 186 valence electrons. The molecular weight excluding hydrogens is 544 g/mol. The van der Waals surface area contributed by atoms with Crippen LogP contribution in [-0.2, 0) is 21.9 Å². The van der Waals surface area contributed by atoms with Gasteiger partial charge < -0.3 is 13.8 Å². The first-order valence-electron chi connectivity index (χ1n) is 11.8. The fraction of sp³-hybridized carbons (Fsp3) is 0.955. The van der Waals surface area contributed by atoms with E-state index in [9.17, 15) is 0 Å². The number of halogens is 1. The molecule has 1 saturated heterocycles. The number of ether oxygens (including phenoxy) is 1. The van der Waals surface area contributed by atoms with Crippen LogP contribution in [0.15, 0.2) is 0 Å². The van der Waals surface area contributed by atoms with Crippen LogP contribution in [0.3, 0.4) is 0 Å². The van der Waals surface area contributed by atoms with E-state index in [1.165, 1.54) is 32.1 Å². The van der Waals surface area contributed by atoms with Crippen LogP contribution in [0.4, 0.5) is 0 Å². The van der Waals surface area contributed by atoms with Gasteiger partial charge in [-0.2, -0.15) is 8.48 Å². The molecule has 0 amide bonds. The molecule has 2 aliphatic rings. The highest BCUT2D eigenvalue weighted by atomic mass is 127. The second-order valence-corrected chi connectivity index (χ2v) is 11.3. The number of nitrogens with zero attached hydrogens (tertiary/aromatic N) is 3. The normalized spacial score (nSPS) is 26.7. The minimum Gasteiger partial charge on any atom is -0.364 e. The maximum absolute atomic E-state index is 8.96. The van der Waals surface area contributed by atoms with E-state index >= 15 is 0 Å². The van der Waals surface area contributed by atoms with Crippen LogP contribution in [-0.4, -0.2) is 72.3 Å². The summed E-state index contributed by atoms with van der Waals surface area (Å²) >= 11 is 1.74. The maximum Gasteiger partial charge on any atom is 0.259 e. The highest BCUT2D eigenvalue weighted by Crippen LogP contribution is 2.47. The molecule has 3 atom stereocenters. The smallest absolute Gasteiger partial charge is 0.259 e. The Balaban J connectivity index is 2.16. The standard InChI is InChI=1S/C22H41IN3O5P/c1-18(2)26(19(3)4)32(28-13-9-12-24)29-17-22(16-27-31-23)15-25(14-20(5)30-22)21-10-7-6-8-11-21/h18-21H,6-11,13-17H2,1-5H3/t20-,22-,32?/m0/s1. The first-order chi connectivity index (χ1) is 15.3. The lowest BCUT2D eigenvalue weighted by atomic mass is 9.91. The third-order valence-electron chi connectivity index (χ3n) is 5.99. The molecule has 0 spiro atoms. The van der Waals surface area contributed by atoms with Crippen LogP contribution in [0.25, 0.3) is 0 Å². The van der Waals surface area contributed by atoms with Crippen LogP contribution >= 0.6 is 31.5 Å². The minimum absolute atomic E-state index is 0.0733. The molecule has 0 bridgehead atoms. The summed E-state index contributed by atoms with van der Waals surface area (Å²) in [7, 11) is -1.34. The largest absolute Gasteiger partial charge is 0.364 e. The quantitative estimate of drug-likeness (QED) is 0.0940. The Kier molecular flexibility index (Phi) is 13.1. The van der Waals surface area contributed by atoms with Crippen molar-refractivity contribution in [1.29, 1.82) is 5.26 Å². The SMILES string of the molecule is CC(C)N(C(C)C)P(OCCC#N)OC[C@@]1(COOI)CN(C2CCCCC2)C[C@H](C)O1. The first-order valence-corrected chi connectivity index (χ1v) is 13.9. The number of rotatable bonds is 13. The van der Waals surface area contributed by atoms with Crippen molar-refractivity contribution >= 4 is 31.5 Å². The molecule has 1 saturated carbocycles. The average Bonchev–Trinajstić information content (AvgIpc) is 2.76. The van der Waals surface area contributed by atoms with Gasteiger partial charge in [-0.15, -0.1) is 0 Å². The van der Waals surface area contributed by atoms with Gasteiger partial charge in [0.1, 0.15) is 12.2 Å². The summed E-state index contributed by atoms with van der Waals surface area (Å²) in [5.74, 6) is 0. The van der Waals surface area contributed by atoms with E-state index in [2.05, 4.69) is 50.3 Å². The molecule has 1 aliphatic heterocycles. The van der Waals surface area contributed by atoms with Gasteiger partial charge in [0, 0.05) is 31.2 Å². The Labute approximate surface area is 209 Å². The van der Waals surface area contributed by atoms with Gasteiger partial charge in [-0.3, -0.25) is 4.90 Å². The van der Waals surface area contributed by atoms with Crippen molar-refractivity contribution in [3.63, 3.8) is 0 Å². The van der Waals surface area contributed by atoms with Crippen LogP contribution in [0.5, 0.6) is 0 Å². The Morgan fingerprint density at radius 1 is 1.16 bits per heavy atom. The Morgan fingerprint density at radius 3 is 2.44 bits per heavy atom. The molecule has 2 fully saturated rings. The van der Waals surface area contributed by atoms with Crippen molar-refractivity contribution < 1.29 is 21.9 Å². The molecular formula is C22H41IN3O5P. The van der Waals surface area contributed by atoms with Crippen molar-refractivity contribution in [2.24, 2.45) is 0 Å². The van der Waals surface area contributed by atoms with Crippen molar-refractivity contribution in [3.8, 4) is 6.07 Å². The van der Waals surface area contributed by atoms with E-state index in [4.69, 9.17) is 27.2 Å². The van der Waals surface area contributed by atoms with E-state index in [1.54, 1.807) is 23.0 Å². The summed E-state index contributed by atoms with van der Waals surface area (Å²) in [4.78, 5) is 7.98. The highest BCUT2D eigenvalue weighted by molar-refractivity contribution is 14.1. The predicted octanol–water partition coefficient (Wildman–Crippen LogP) is 5.37. The van der Waals surface area contributed by atoms with Crippen molar-refractivity contribution in [2.75, 3.05) is 32.9 Å². The third-order valence-corrected chi connectivity index (χ3v) is 8.30. The second-order valence-electron chi connectivity index (χ2n) is 9.48. The van der Waals surface area contributed by atoms with Crippen molar-refractivity contribution in [1.82, 2.24) is 9.57 Å². The second kappa shape index (κ2) is 14.7. The number of hydrogen-bond donors (Lipinski definition) is 0. The number of nitriles is 1. The van der Waals surface area contributed by atoms with Crippen LogP contribution in [0.2, 0.25) is 0 Å². The fourth-order valence-corrected chi connectivity index (χ4v) is 6.62. The zero-order valence-electron chi connectivity index (χ0n) is 20.3. The van der Waals surface area contributed by atoms with Crippen LogP contribution in [0.1, 0.15) is 73.1 Å². The van der Waals surface area contributed by atoms with E-state index in [0.717, 1.165) is 13.1 Å². The zero-order chi connectivity index (χ0) is 23.6. The minimum atomic E-state index is -1.34. The Morgan fingerprint density at radius 2 is 1.84 bits per heavy atom. The van der Waals surface area contributed by atoms with Gasteiger partial charge in [-0.25, -0.2) is 9.56 Å². The van der Waals surface area contributed by atoms with Gasteiger partial charge in [-0.1, -0.05) is 19.3 Å². The molecule has 10 heteroatoms. The summed E-state index contributed by atoms with van der Waals surface area (Å²) in [5.41, 5.74) is -0.640. The van der Waals surface area contributed by atoms with Gasteiger partial charge in [0.2, 0.25) is 0 Å². The molecule has 0 aromatic heterocycles. The molecule has 1 aliphatic carbocycles. The third kappa shape index (κ3) is 8.86. The van der Waals surface area contributed by atoms with E-state index in [-0.39, 0.29) is 24.8 Å². The fourth-order valence-electron chi connectivity index (χ4n) is 4.81. The first kappa shape index (κ1) is 28.6. The lowest BCUT2D eigenvalue weighted by molar-refractivity contribution is -0.258. The van der Waals surface area contributed by atoms with Crippen LogP contribution < -0.4 is 0 Å². The van der Waals surface area contributed by atoms with E-state index < -0.39 is 14.1 Å². The molecule has 0 N–H and O–H groups in total. The van der Waals surface area contributed by atoms with Crippen molar-refractivity contribution in [3.05, 3.63) is 0 Å². The Hall–Kier alpha value is 0.370. The monoisotopic (exact) mass is 585 g/mol. The van der Waals surface area contributed by atoms with Gasteiger partial charge in [0.25, 0.3) is 8.53 Å². The summed E-state index contributed by atoms with van der Waals surface area (Å²) in [6.07, 6.45) is 6.82. The molecule has 8 nitrogen and oxygen atoms in total. The molecule has 0 radical (unpaired) electrons. The number of morpholine rings is 1. The summed E-state index contributed by atoms with van der Waals surface area (Å²) < 4.78 is 26.2.